The van der Waals surface area contributed by atoms with Crippen LogP contribution in [-0.4, -0.2) is 6.04 Å². The van der Waals surface area contributed by atoms with Crippen molar-refractivity contribution in [2.75, 3.05) is 5.32 Å². The SMILES string of the molecule is Cc1ccc(C(C)C)cc1NC1CC1. The molecule has 0 aliphatic heterocycles. The summed E-state index contributed by atoms with van der Waals surface area (Å²) < 4.78 is 0. The fourth-order valence-electron chi connectivity index (χ4n) is 1.60. The molecule has 1 aliphatic rings. The highest BCUT2D eigenvalue weighted by atomic mass is 15.0. The minimum atomic E-state index is 0.621. The summed E-state index contributed by atoms with van der Waals surface area (Å²) in [4.78, 5) is 0. The summed E-state index contributed by atoms with van der Waals surface area (Å²) in [6.45, 7) is 6.66. The standard InChI is InChI=1S/C13H19N/c1-9(2)11-5-4-10(3)13(8-11)14-12-6-7-12/h4-5,8-9,12,14H,6-7H2,1-3H3. The van der Waals surface area contributed by atoms with Gasteiger partial charge < -0.3 is 5.32 Å². The van der Waals surface area contributed by atoms with E-state index in [0.29, 0.717) is 5.92 Å². The molecule has 1 fully saturated rings. The molecular weight excluding hydrogens is 170 g/mol. The highest BCUT2D eigenvalue weighted by molar-refractivity contribution is 5.54. The van der Waals surface area contributed by atoms with E-state index in [9.17, 15) is 0 Å². The molecule has 0 heterocycles. The first-order valence-corrected chi connectivity index (χ1v) is 5.54. The van der Waals surface area contributed by atoms with Crippen LogP contribution in [0.15, 0.2) is 18.2 Å². The van der Waals surface area contributed by atoms with Crippen LogP contribution in [0, 0.1) is 6.92 Å². The summed E-state index contributed by atoms with van der Waals surface area (Å²) in [5.74, 6) is 0.621. The van der Waals surface area contributed by atoms with Crippen LogP contribution in [0.2, 0.25) is 0 Å². The molecule has 2 rings (SSSR count). The second kappa shape index (κ2) is 3.64. The molecule has 0 atom stereocenters. The summed E-state index contributed by atoms with van der Waals surface area (Å²) in [5, 5.41) is 3.58. The molecule has 1 aromatic carbocycles. The Hall–Kier alpha value is -0.980. The van der Waals surface area contributed by atoms with Gasteiger partial charge >= 0.3 is 0 Å². The monoisotopic (exact) mass is 189 g/mol. The molecule has 1 nitrogen and oxygen atoms in total. The average Bonchev–Trinajstić information content (AvgIpc) is 2.92. The van der Waals surface area contributed by atoms with Crippen LogP contribution in [0.4, 0.5) is 5.69 Å². The van der Waals surface area contributed by atoms with E-state index in [1.165, 1.54) is 29.7 Å². The summed E-state index contributed by atoms with van der Waals surface area (Å²) in [5.41, 5.74) is 4.12. The first-order chi connectivity index (χ1) is 6.66. The molecule has 1 N–H and O–H groups in total. The lowest BCUT2D eigenvalue weighted by Gasteiger charge is -2.12. The van der Waals surface area contributed by atoms with E-state index in [4.69, 9.17) is 0 Å². The lowest BCUT2D eigenvalue weighted by molar-refractivity contribution is 0.865. The lowest BCUT2D eigenvalue weighted by atomic mass is 10.0. The first-order valence-electron chi connectivity index (χ1n) is 5.54. The van der Waals surface area contributed by atoms with E-state index in [2.05, 4.69) is 44.3 Å². The predicted molar refractivity (Wildman–Crippen MR) is 61.9 cm³/mol. The van der Waals surface area contributed by atoms with Gasteiger partial charge in [0.05, 0.1) is 0 Å². The first kappa shape index (κ1) is 9.57. The van der Waals surface area contributed by atoms with Crippen molar-refractivity contribution < 1.29 is 0 Å². The van der Waals surface area contributed by atoms with Gasteiger partial charge in [-0.1, -0.05) is 26.0 Å². The minimum Gasteiger partial charge on any atom is -0.382 e. The lowest BCUT2D eigenvalue weighted by Crippen LogP contribution is -2.03. The molecule has 0 radical (unpaired) electrons. The van der Waals surface area contributed by atoms with Gasteiger partial charge in [-0.25, -0.2) is 0 Å². The van der Waals surface area contributed by atoms with Crippen LogP contribution in [0.1, 0.15) is 43.7 Å². The Morgan fingerprint density at radius 2 is 2.00 bits per heavy atom. The predicted octanol–water partition coefficient (Wildman–Crippen LogP) is 3.69. The molecule has 0 unspecified atom stereocenters. The maximum absolute atomic E-state index is 3.58. The molecule has 0 amide bonds. The van der Waals surface area contributed by atoms with Gasteiger partial charge in [-0.2, -0.15) is 0 Å². The van der Waals surface area contributed by atoms with E-state index in [1.54, 1.807) is 0 Å². The fourth-order valence-corrected chi connectivity index (χ4v) is 1.60. The molecule has 14 heavy (non-hydrogen) atoms. The molecule has 1 aliphatic carbocycles. The molecule has 1 heteroatoms. The van der Waals surface area contributed by atoms with Crippen LogP contribution in [0.5, 0.6) is 0 Å². The van der Waals surface area contributed by atoms with Crippen molar-refractivity contribution in [1.82, 2.24) is 0 Å². The molecule has 1 saturated carbocycles. The Morgan fingerprint density at radius 1 is 1.29 bits per heavy atom. The Bertz CT molecular complexity index is 324. The van der Waals surface area contributed by atoms with Gasteiger partial charge in [-0.05, 0) is 42.9 Å². The van der Waals surface area contributed by atoms with E-state index in [1.807, 2.05) is 0 Å². The van der Waals surface area contributed by atoms with E-state index in [0.717, 1.165) is 6.04 Å². The van der Waals surface area contributed by atoms with Gasteiger partial charge in [-0.3, -0.25) is 0 Å². The topological polar surface area (TPSA) is 12.0 Å². The fraction of sp³-hybridized carbons (Fsp3) is 0.538. The molecule has 0 spiro atoms. The van der Waals surface area contributed by atoms with Crippen molar-refractivity contribution in [2.24, 2.45) is 0 Å². The highest BCUT2D eigenvalue weighted by Gasteiger charge is 2.21. The van der Waals surface area contributed by atoms with Crippen molar-refractivity contribution >= 4 is 5.69 Å². The number of anilines is 1. The van der Waals surface area contributed by atoms with Gasteiger partial charge in [0, 0.05) is 11.7 Å². The van der Waals surface area contributed by atoms with Gasteiger partial charge in [0.2, 0.25) is 0 Å². The third-order valence-electron chi connectivity index (χ3n) is 2.87. The van der Waals surface area contributed by atoms with Crippen molar-refractivity contribution in [3.8, 4) is 0 Å². The van der Waals surface area contributed by atoms with Crippen molar-refractivity contribution in [2.45, 2.75) is 45.6 Å². The van der Waals surface area contributed by atoms with Crippen LogP contribution in [0.3, 0.4) is 0 Å². The summed E-state index contributed by atoms with van der Waals surface area (Å²) in [7, 11) is 0. The number of aryl methyl sites for hydroxylation is 1. The van der Waals surface area contributed by atoms with Crippen LogP contribution in [-0.2, 0) is 0 Å². The molecular formula is C13H19N. The minimum absolute atomic E-state index is 0.621. The zero-order valence-electron chi connectivity index (χ0n) is 9.30. The third-order valence-corrected chi connectivity index (χ3v) is 2.87. The van der Waals surface area contributed by atoms with Gasteiger partial charge in [0.25, 0.3) is 0 Å². The van der Waals surface area contributed by atoms with E-state index in [-0.39, 0.29) is 0 Å². The third kappa shape index (κ3) is 2.09. The second-order valence-electron chi connectivity index (χ2n) is 4.65. The number of nitrogens with one attached hydrogen (secondary N) is 1. The molecule has 0 aromatic heterocycles. The van der Waals surface area contributed by atoms with E-state index < -0.39 is 0 Å². The Morgan fingerprint density at radius 3 is 2.57 bits per heavy atom. The Kier molecular flexibility index (Phi) is 2.49. The number of hydrogen-bond acceptors (Lipinski definition) is 1. The van der Waals surface area contributed by atoms with Crippen molar-refractivity contribution in [3.05, 3.63) is 29.3 Å². The number of benzene rings is 1. The summed E-state index contributed by atoms with van der Waals surface area (Å²) in [6.07, 6.45) is 2.68. The smallest absolute Gasteiger partial charge is 0.0374 e. The molecule has 0 saturated heterocycles. The molecule has 76 valence electrons. The van der Waals surface area contributed by atoms with Crippen LogP contribution >= 0.6 is 0 Å². The number of hydrogen-bond donors (Lipinski definition) is 1. The summed E-state index contributed by atoms with van der Waals surface area (Å²) >= 11 is 0. The average molecular weight is 189 g/mol. The maximum Gasteiger partial charge on any atom is 0.0374 e. The van der Waals surface area contributed by atoms with Crippen LogP contribution in [0.25, 0.3) is 0 Å². The Balaban J connectivity index is 2.21. The quantitative estimate of drug-likeness (QED) is 0.764. The zero-order valence-corrected chi connectivity index (χ0v) is 9.30. The normalized spacial score (nSPS) is 16.0. The zero-order chi connectivity index (χ0) is 10.1. The largest absolute Gasteiger partial charge is 0.382 e. The number of rotatable bonds is 3. The van der Waals surface area contributed by atoms with Crippen LogP contribution < -0.4 is 5.32 Å². The molecule has 0 bridgehead atoms. The van der Waals surface area contributed by atoms with Gasteiger partial charge in [0.1, 0.15) is 0 Å². The second-order valence-corrected chi connectivity index (χ2v) is 4.65. The Labute approximate surface area is 86.5 Å². The highest BCUT2D eigenvalue weighted by Crippen LogP contribution is 2.28. The van der Waals surface area contributed by atoms with Gasteiger partial charge in [0.15, 0.2) is 0 Å². The van der Waals surface area contributed by atoms with Crippen molar-refractivity contribution in [3.63, 3.8) is 0 Å². The van der Waals surface area contributed by atoms with Crippen molar-refractivity contribution in [1.29, 1.82) is 0 Å². The maximum atomic E-state index is 3.58. The van der Waals surface area contributed by atoms with E-state index >= 15 is 0 Å². The van der Waals surface area contributed by atoms with Gasteiger partial charge in [-0.15, -0.1) is 0 Å². The molecule has 1 aromatic rings. The summed E-state index contributed by atoms with van der Waals surface area (Å²) in [6, 6.07) is 7.51.